The number of nitrogens with one attached hydrogen (secondary N) is 1. The molecule has 0 aromatic carbocycles. The van der Waals surface area contributed by atoms with Gasteiger partial charge in [-0.3, -0.25) is 4.79 Å². The Hall–Kier alpha value is -0.980. The van der Waals surface area contributed by atoms with Crippen LogP contribution in [0, 0.1) is 0 Å². The third kappa shape index (κ3) is 3.49. The molecular formula is C11H16N2O3S. The standard InChI is InChI=1S/C11H16N2O3S/c1-2-15-10(14)5-8-7-17-11(13-8)9-6-12-3-4-16-9/h7,9,12H,2-6H2,1H3. The van der Waals surface area contributed by atoms with Crippen molar-refractivity contribution in [1.29, 1.82) is 0 Å². The zero-order valence-electron chi connectivity index (χ0n) is 9.77. The summed E-state index contributed by atoms with van der Waals surface area (Å²) in [7, 11) is 0. The number of rotatable bonds is 4. The van der Waals surface area contributed by atoms with Crippen molar-refractivity contribution >= 4 is 17.3 Å². The van der Waals surface area contributed by atoms with Crippen molar-refractivity contribution in [3.63, 3.8) is 0 Å². The molecule has 0 radical (unpaired) electrons. The summed E-state index contributed by atoms with van der Waals surface area (Å²) in [4.78, 5) is 15.7. The van der Waals surface area contributed by atoms with E-state index >= 15 is 0 Å². The van der Waals surface area contributed by atoms with Crippen LogP contribution in [0.5, 0.6) is 0 Å². The maximum absolute atomic E-state index is 11.3. The summed E-state index contributed by atoms with van der Waals surface area (Å²) in [5, 5.41) is 6.07. The molecule has 1 unspecified atom stereocenters. The first-order chi connectivity index (χ1) is 8.29. The van der Waals surface area contributed by atoms with E-state index < -0.39 is 0 Å². The lowest BCUT2D eigenvalue weighted by Crippen LogP contribution is -2.33. The van der Waals surface area contributed by atoms with E-state index in [0.717, 1.165) is 23.8 Å². The van der Waals surface area contributed by atoms with Crippen LogP contribution in [-0.2, 0) is 20.7 Å². The second-order valence-corrected chi connectivity index (χ2v) is 4.61. The Labute approximate surface area is 104 Å². The first-order valence-electron chi connectivity index (χ1n) is 5.72. The van der Waals surface area contributed by atoms with Gasteiger partial charge in [0.25, 0.3) is 0 Å². The highest BCUT2D eigenvalue weighted by Gasteiger charge is 2.19. The number of aromatic nitrogens is 1. The lowest BCUT2D eigenvalue weighted by molar-refractivity contribution is -0.142. The minimum atomic E-state index is -0.230. The molecule has 0 saturated carbocycles. The highest BCUT2D eigenvalue weighted by molar-refractivity contribution is 7.09. The highest BCUT2D eigenvalue weighted by Crippen LogP contribution is 2.22. The maximum Gasteiger partial charge on any atom is 0.311 e. The molecule has 5 nitrogen and oxygen atoms in total. The van der Waals surface area contributed by atoms with Crippen LogP contribution in [0.1, 0.15) is 23.7 Å². The van der Waals surface area contributed by atoms with Gasteiger partial charge >= 0.3 is 5.97 Å². The van der Waals surface area contributed by atoms with Gasteiger partial charge in [-0.25, -0.2) is 4.98 Å². The van der Waals surface area contributed by atoms with Gasteiger partial charge in [-0.15, -0.1) is 11.3 Å². The van der Waals surface area contributed by atoms with Gasteiger partial charge in [0.15, 0.2) is 0 Å². The van der Waals surface area contributed by atoms with Crippen LogP contribution >= 0.6 is 11.3 Å². The minimum Gasteiger partial charge on any atom is -0.466 e. The third-order valence-electron chi connectivity index (χ3n) is 2.40. The molecule has 0 amide bonds. The smallest absolute Gasteiger partial charge is 0.311 e. The average molecular weight is 256 g/mol. The molecule has 0 aliphatic carbocycles. The number of hydrogen-bond acceptors (Lipinski definition) is 6. The van der Waals surface area contributed by atoms with E-state index in [1.165, 1.54) is 11.3 Å². The van der Waals surface area contributed by atoms with Crippen molar-refractivity contribution < 1.29 is 14.3 Å². The predicted octanol–water partition coefficient (Wildman–Crippen LogP) is 0.910. The Bertz CT molecular complexity index is 375. The topological polar surface area (TPSA) is 60.5 Å². The number of carbonyl (C=O) groups is 1. The lowest BCUT2D eigenvalue weighted by atomic mass is 10.3. The highest BCUT2D eigenvalue weighted by atomic mass is 32.1. The van der Waals surface area contributed by atoms with E-state index in [4.69, 9.17) is 9.47 Å². The first kappa shape index (κ1) is 12.5. The summed E-state index contributed by atoms with van der Waals surface area (Å²) in [5.41, 5.74) is 0.762. The van der Waals surface area contributed by atoms with E-state index in [2.05, 4.69) is 10.3 Å². The summed E-state index contributed by atoms with van der Waals surface area (Å²) in [6.45, 7) is 4.58. The SMILES string of the molecule is CCOC(=O)Cc1csc(C2CNCCO2)n1. The van der Waals surface area contributed by atoms with Crippen molar-refractivity contribution in [3.8, 4) is 0 Å². The molecule has 1 aromatic heterocycles. The number of nitrogens with zero attached hydrogens (tertiary/aromatic N) is 1. The van der Waals surface area contributed by atoms with Crippen LogP contribution in [0.3, 0.4) is 0 Å². The Morgan fingerprint density at radius 2 is 2.65 bits per heavy atom. The predicted molar refractivity (Wildman–Crippen MR) is 64.0 cm³/mol. The molecule has 1 atom stereocenters. The molecule has 1 saturated heterocycles. The van der Waals surface area contributed by atoms with Gasteiger partial charge in [0.2, 0.25) is 0 Å². The first-order valence-corrected chi connectivity index (χ1v) is 6.59. The molecule has 1 aromatic rings. The van der Waals surface area contributed by atoms with Crippen molar-refractivity contribution in [1.82, 2.24) is 10.3 Å². The van der Waals surface area contributed by atoms with Gasteiger partial charge in [-0.05, 0) is 6.92 Å². The molecule has 94 valence electrons. The summed E-state index contributed by atoms with van der Waals surface area (Å²) in [6.07, 6.45) is 0.259. The fraction of sp³-hybridized carbons (Fsp3) is 0.636. The largest absolute Gasteiger partial charge is 0.466 e. The Balaban J connectivity index is 1.93. The quantitative estimate of drug-likeness (QED) is 0.811. The number of morpholine rings is 1. The van der Waals surface area contributed by atoms with E-state index in [9.17, 15) is 4.79 Å². The fourth-order valence-electron chi connectivity index (χ4n) is 1.64. The molecule has 2 rings (SSSR count). The average Bonchev–Trinajstić information content (AvgIpc) is 2.79. The van der Waals surface area contributed by atoms with Crippen molar-refractivity contribution in [3.05, 3.63) is 16.1 Å². The molecule has 17 heavy (non-hydrogen) atoms. The van der Waals surface area contributed by atoms with Gasteiger partial charge in [0.05, 0.1) is 25.3 Å². The summed E-state index contributed by atoms with van der Waals surface area (Å²) in [5.74, 6) is -0.230. The van der Waals surface area contributed by atoms with Crippen LogP contribution in [0.25, 0.3) is 0 Å². The molecule has 1 N–H and O–H groups in total. The Kier molecular flexibility index (Phi) is 4.47. The van der Waals surface area contributed by atoms with E-state index in [1.807, 2.05) is 5.38 Å². The molecule has 1 fully saturated rings. The van der Waals surface area contributed by atoms with Crippen molar-refractivity contribution in [2.45, 2.75) is 19.4 Å². The second-order valence-electron chi connectivity index (χ2n) is 3.72. The van der Waals surface area contributed by atoms with Crippen molar-refractivity contribution in [2.75, 3.05) is 26.3 Å². The van der Waals surface area contributed by atoms with Gasteiger partial charge in [0, 0.05) is 18.5 Å². The fourth-order valence-corrected chi connectivity index (χ4v) is 2.50. The molecule has 2 heterocycles. The zero-order chi connectivity index (χ0) is 12.1. The van der Waals surface area contributed by atoms with Crippen molar-refractivity contribution in [2.24, 2.45) is 0 Å². The van der Waals surface area contributed by atoms with E-state index in [-0.39, 0.29) is 18.5 Å². The zero-order valence-corrected chi connectivity index (χ0v) is 10.6. The van der Waals surface area contributed by atoms with E-state index in [1.54, 1.807) is 6.92 Å². The van der Waals surface area contributed by atoms with E-state index in [0.29, 0.717) is 13.2 Å². The summed E-state index contributed by atoms with van der Waals surface area (Å²) >= 11 is 1.53. The Morgan fingerprint density at radius 1 is 1.76 bits per heavy atom. The molecule has 1 aliphatic heterocycles. The van der Waals surface area contributed by atoms with Crippen LogP contribution in [-0.4, -0.2) is 37.3 Å². The van der Waals surface area contributed by atoms with Gasteiger partial charge in [-0.1, -0.05) is 0 Å². The van der Waals surface area contributed by atoms with Crippen LogP contribution in [0.15, 0.2) is 5.38 Å². The number of ether oxygens (including phenoxy) is 2. The number of carbonyl (C=O) groups excluding carboxylic acids is 1. The van der Waals surface area contributed by atoms with Gasteiger partial charge in [-0.2, -0.15) is 0 Å². The normalized spacial score (nSPS) is 20.2. The summed E-state index contributed by atoms with van der Waals surface area (Å²) in [6, 6.07) is 0. The maximum atomic E-state index is 11.3. The number of hydrogen-bond donors (Lipinski definition) is 1. The van der Waals surface area contributed by atoms with Crippen LogP contribution in [0.2, 0.25) is 0 Å². The molecular weight excluding hydrogens is 240 g/mol. The number of esters is 1. The Morgan fingerprint density at radius 3 is 3.35 bits per heavy atom. The van der Waals surface area contributed by atoms with Crippen LogP contribution < -0.4 is 5.32 Å². The number of thiazole rings is 1. The lowest BCUT2D eigenvalue weighted by Gasteiger charge is -2.21. The molecule has 0 bridgehead atoms. The monoisotopic (exact) mass is 256 g/mol. The molecule has 6 heteroatoms. The van der Waals surface area contributed by atoms with Gasteiger partial charge < -0.3 is 14.8 Å². The van der Waals surface area contributed by atoms with Crippen LogP contribution in [0.4, 0.5) is 0 Å². The third-order valence-corrected chi connectivity index (χ3v) is 3.39. The minimum absolute atomic E-state index is 0.0182. The van der Waals surface area contributed by atoms with Gasteiger partial charge in [0.1, 0.15) is 11.1 Å². The summed E-state index contributed by atoms with van der Waals surface area (Å²) < 4.78 is 10.5. The second kappa shape index (κ2) is 6.09. The molecule has 0 spiro atoms. The molecule has 1 aliphatic rings.